The van der Waals surface area contributed by atoms with Gasteiger partial charge in [-0.15, -0.1) is 10.2 Å². The summed E-state index contributed by atoms with van der Waals surface area (Å²) in [5.41, 5.74) is 2.91. The van der Waals surface area contributed by atoms with E-state index in [1.807, 2.05) is 29.8 Å². The van der Waals surface area contributed by atoms with Crippen molar-refractivity contribution in [2.45, 2.75) is 38.5 Å². The van der Waals surface area contributed by atoms with E-state index in [4.69, 9.17) is 49.4 Å². The molecule has 0 spiro atoms. The normalized spacial score (nSPS) is 17.3. The highest BCUT2D eigenvalue weighted by molar-refractivity contribution is 6.35. The average Bonchev–Trinajstić information content (AvgIpc) is 3.19. The average molecular weight is 505 g/mol. The van der Waals surface area contributed by atoms with Crippen LogP contribution in [0.1, 0.15) is 44.1 Å². The van der Waals surface area contributed by atoms with Gasteiger partial charge in [0, 0.05) is 30.0 Å². The van der Waals surface area contributed by atoms with Crippen LogP contribution in [0.3, 0.4) is 0 Å². The highest BCUT2D eigenvalue weighted by atomic mass is 35.5. The quantitative estimate of drug-likeness (QED) is 0.301. The van der Waals surface area contributed by atoms with E-state index < -0.39 is 0 Å². The zero-order valence-corrected chi connectivity index (χ0v) is 20.0. The number of hydrogen-bond acceptors (Lipinski definition) is 6. The number of pyridine rings is 1. The number of aromatic nitrogens is 5. The summed E-state index contributed by atoms with van der Waals surface area (Å²) in [5, 5.41) is 15.2. The van der Waals surface area contributed by atoms with Crippen molar-refractivity contribution >= 4 is 45.7 Å². The van der Waals surface area contributed by atoms with Crippen molar-refractivity contribution in [1.29, 1.82) is 0 Å². The Kier molecular flexibility index (Phi) is 6.38. The minimum absolute atomic E-state index is 0.129. The van der Waals surface area contributed by atoms with Crippen molar-refractivity contribution in [2.75, 3.05) is 6.61 Å². The van der Waals surface area contributed by atoms with Crippen LogP contribution in [-0.2, 0) is 4.74 Å². The van der Waals surface area contributed by atoms with Crippen LogP contribution < -0.4 is 4.74 Å². The zero-order chi connectivity index (χ0) is 22.9. The van der Waals surface area contributed by atoms with Gasteiger partial charge in [0.25, 0.3) is 0 Å². The molecule has 1 aromatic carbocycles. The molecular formula is C23H20Cl3N5O2. The summed E-state index contributed by atoms with van der Waals surface area (Å²) in [6.07, 6.45) is 5.64. The number of ether oxygens (including phenoxy) is 2. The lowest BCUT2D eigenvalue weighted by Gasteiger charge is -2.23. The minimum atomic E-state index is -0.388. The smallest absolute Gasteiger partial charge is 0.151 e. The van der Waals surface area contributed by atoms with Crippen LogP contribution in [0.25, 0.3) is 22.3 Å². The Hall–Kier alpha value is -2.45. The lowest BCUT2D eigenvalue weighted by atomic mass is 10.1. The first kappa shape index (κ1) is 22.3. The lowest BCUT2D eigenvalue weighted by Crippen LogP contribution is -2.19. The second-order valence-corrected chi connectivity index (χ2v) is 9.01. The van der Waals surface area contributed by atoms with E-state index >= 15 is 0 Å². The summed E-state index contributed by atoms with van der Waals surface area (Å²) < 4.78 is 14.1. The molecule has 0 saturated carbocycles. The van der Waals surface area contributed by atoms with Crippen LogP contribution in [0, 0.1) is 0 Å². The number of benzene rings is 1. The van der Waals surface area contributed by atoms with Gasteiger partial charge in [0.1, 0.15) is 23.2 Å². The Bertz CT molecular complexity index is 1270. The van der Waals surface area contributed by atoms with Crippen molar-refractivity contribution in [3.8, 4) is 17.1 Å². The third-order valence-corrected chi connectivity index (χ3v) is 6.39. The maximum absolute atomic E-state index is 6.31. The van der Waals surface area contributed by atoms with Crippen molar-refractivity contribution < 1.29 is 9.47 Å². The van der Waals surface area contributed by atoms with E-state index in [0.717, 1.165) is 30.2 Å². The first-order valence-electron chi connectivity index (χ1n) is 10.6. The molecule has 1 unspecified atom stereocenters. The molecule has 10 heteroatoms. The van der Waals surface area contributed by atoms with Gasteiger partial charge in [0.15, 0.2) is 11.4 Å². The largest absolute Gasteiger partial charge is 0.486 e. The topological polar surface area (TPSA) is 75.0 Å². The molecule has 7 nitrogen and oxygen atoms in total. The Morgan fingerprint density at radius 3 is 2.58 bits per heavy atom. The molecule has 4 heterocycles. The number of nitrogens with zero attached hydrogens (tertiary/aromatic N) is 5. The molecular weight excluding hydrogens is 485 g/mol. The van der Waals surface area contributed by atoms with Gasteiger partial charge in [-0.05, 0) is 56.5 Å². The fourth-order valence-corrected chi connectivity index (χ4v) is 4.81. The zero-order valence-electron chi connectivity index (χ0n) is 17.7. The summed E-state index contributed by atoms with van der Waals surface area (Å²) >= 11 is 18.6. The molecule has 0 radical (unpaired) electrons. The van der Waals surface area contributed by atoms with E-state index in [2.05, 4.69) is 15.2 Å². The Labute approximate surface area is 205 Å². The molecule has 0 N–H and O–H groups in total. The summed E-state index contributed by atoms with van der Waals surface area (Å²) in [7, 11) is 0. The van der Waals surface area contributed by atoms with Crippen LogP contribution in [0.5, 0.6) is 5.75 Å². The van der Waals surface area contributed by atoms with Crippen LogP contribution in [-0.4, -0.2) is 31.6 Å². The van der Waals surface area contributed by atoms with Crippen LogP contribution >= 0.6 is 34.8 Å². The van der Waals surface area contributed by atoms with Gasteiger partial charge in [0.05, 0.1) is 15.6 Å². The molecule has 170 valence electrons. The molecule has 0 bridgehead atoms. The van der Waals surface area contributed by atoms with Crippen molar-refractivity contribution in [3.63, 3.8) is 0 Å². The maximum Gasteiger partial charge on any atom is 0.151 e. The number of rotatable bonds is 5. The summed E-state index contributed by atoms with van der Waals surface area (Å²) in [6.45, 7) is 2.61. The van der Waals surface area contributed by atoms with Crippen molar-refractivity contribution in [2.24, 2.45) is 0 Å². The molecule has 1 saturated heterocycles. The molecule has 4 aromatic rings. The highest BCUT2D eigenvalue weighted by Gasteiger charge is 2.23. The summed E-state index contributed by atoms with van der Waals surface area (Å²) in [6, 6.07) is 9.31. The standard InChI is InChI=1S/C23H20Cl3N5O2/c1-13(22-16(24)11-27-12-17(22)25)33-14-5-7-19-15(10-14)23(18-6-8-20(26)29-28-18)30-31(19)21-4-2-3-9-32-21/h5-8,10-13,21H,2-4,9H2,1H3/t13-,21?/m1/s1. The number of halogens is 3. The van der Waals surface area contributed by atoms with E-state index in [1.54, 1.807) is 24.5 Å². The first-order valence-corrected chi connectivity index (χ1v) is 11.7. The first-order chi connectivity index (χ1) is 16.0. The van der Waals surface area contributed by atoms with E-state index in [1.165, 1.54) is 0 Å². The van der Waals surface area contributed by atoms with Gasteiger partial charge >= 0.3 is 0 Å². The Morgan fingerprint density at radius 2 is 1.88 bits per heavy atom. The molecule has 3 aromatic heterocycles. The maximum atomic E-state index is 6.31. The molecule has 1 aliphatic heterocycles. The fourth-order valence-electron chi connectivity index (χ4n) is 4.03. The van der Waals surface area contributed by atoms with Gasteiger partial charge in [0.2, 0.25) is 0 Å². The van der Waals surface area contributed by atoms with Gasteiger partial charge < -0.3 is 9.47 Å². The van der Waals surface area contributed by atoms with E-state index in [0.29, 0.717) is 44.5 Å². The number of fused-ring (bicyclic) bond motifs is 1. The van der Waals surface area contributed by atoms with Gasteiger partial charge in [-0.2, -0.15) is 5.10 Å². The monoisotopic (exact) mass is 503 g/mol. The van der Waals surface area contributed by atoms with Crippen LogP contribution in [0.15, 0.2) is 42.7 Å². The second kappa shape index (κ2) is 9.43. The Morgan fingerprint density at radius 1 is 1.06 bits per heavy atom. The van der Waals surface area contributed by atoms with E-state index in [9.17, 15) is 0 Å². The lowest BCUT2D eigenvalue weighted by molar-refractivity contribution is -0.0365. The molecule has 5 rings (SSSR count). The second-order valence-electron chi connectivity index (χ2n) is 7.81. The molecule has 33 heavy (non-hydrogen) atoms. The van der Waals surface area contributed by atoms with Crippen molar-refractivity contribution in [3.05, 3.63) is 63.5 Å². The van der Waals surface area contributed by atoms with Crippen molar-refractivity contribution in [1.82, 2.24) is 25.0 Å². The van der Waals surface area contributed by atoms with Crippen LogP contribution in [0.2, 0.25) is 15.2 Å². The molecule has 2 atom stereocenters. The van der Waals surface area contributed by atoms with Gasteiger partial charge in [-0.25, -0.2) is 4.68 Å². The third kappa shape index (κ3) is 4.51. The number of hydrogen-bond donors (Lipinski definition) is 0. The summed E-state index contributed by atoms with van der Waals surface area (Å²) in [4.78, 5) is 4.01. The molecule has 1 aliphatic rings. The van der Waals surface area contributed by atoms with Gasteiger partial charge in [-0.1, -0.05) is 34.8 Å². The molecule has 0 aliphatic carbocycles. The third-order valence-electron chi connectivity index (χ3n) is 5.59. The minimum Gasteiger partial charge on any atom is -0.486 e. The predicted molar refractivity (Wildman–Crippen MR) is 128 cm³/mol. The highest BCUT2D eigenvalue weighted by Crippen LogP contribution is 2.37. The fraction of sp³-hybridized carbons (Fsp3) is 0.304. The molecule has 1 fully saturated rings. The Balaban J connectivity index is 1.57. The predicted octanol–water partition coefficient (Wildman–Crippen LogP) is 6.69. The summed E-state index contributed by atoms with van der Waals surface area (Å²) in [5.74, 6) is 0.645. The van der Waals surface area contributed by atoms with E-state index in [-0.39, 0.29) is 12.3 Å². The van der Waals surface area contributed by atoms with Gasteiger partial charge in [-0.3, -0.25) is 4.98 Å². The molecule has 0 amide bonds. The SMILES string of the molecule is C[C@@H](Oc1ccc2c(c1)c(-c1ccc(Cl)nn1)nn2C1CCCCO1)c1c(Cl)cncc1Cl. The van der Waals surface area contributed by atoms with Crippen LogP contribution in [0.4, 0.5) is 0 Å².